The van der Waals surface area contributed by atoms with Crippen LogP contribution in [0.1, 0.15) is 5.56 Å². The van der Waals surface area contributed by atoms with Crippen molar-refractivity contribution < 1.29 is 19.5 Å². The van der Waals surface area contributed by atoms with Crippen LogP contribution in [-0.2, 0) is 11.2 Å². The molecule has 21 heavy (non-hydrogen) atoms. The smallest absolute Gasteiger partial charge is 0.326 e. The van der Waals surface area contributed by atoms with Gasteiger partial charge >= 0.3 is 18.0 Å². The second-order valence-corrected chi connectivity index (χ2v) is 4.94. The Kier molecular flexibility index (Phi) is 3.13. The molecule has 110 valence electrons. The highest BCUT2D eigenvalue weighted by molar-refractivity contribution is 5.88. The molecule has 3 rings (SSSR count). The maximum absolute atomic E-state index is 12.0. The number of carboxylic acid groups (broad SMARTS) is 1. The molecule has 2 heterocycles. The normalized spacial score (nSPS) is 24.9. The fourth-order valence-electron chi connectivity index (χ4n) is 2.64. The molecule has 2 aliphatic heterocycles. The Balaban J connectivity index is 1.85. The zero-order valence-corrected chi connectivity index (χ0v) is 10.9. The summed E-state index contributed by atoms with van der Waals surface area (Å²) in [6, 6.07) is 7.04. The van der Waals surface area contributed by atoms with Gasteiger partial charge in [-0.25, -0.2) is 14.4 Å². The lowest BCUT2D eigenvalue weighted by molar-refractivity contribution is -0.142. The van der Waals surface area contributed by atoms with E-state index in [2.05, 4.69) is 16.0 Å². The molecule has 3 atom stereocenters. The predicted octanol–water partition coefficient (Wildman–Crippen LogP) is -0.328. The number of nitrogens with one attached hydrogen (secondary N) is 3. The first kappa shape index (κ1) is 13.2. The summed E-state index contributed by atoms with van der Waals surface area (Å²) in [6.45, 7) is 0. The molecule has 0 radical (unpaired) electrons. The molecule has 1 aromatic rings. The zero-order chi connectivity index (χ0) is 15.0. The SMILES string of the molecule is O=C1N[C@H]2NC(=O)N([C@@H](Cc3ccccc3)C(=O)O)[C@H]2N1. The lowest BCUT2D eigenvalue weighted by Gasteiger charge is -2.27. The predicted molar refractivity (Wildman–Crippen MR) is 71.2 cm³/mol. The molecule has 0 aromatic heterocycles. The first-order valence-electron chi connectivity index (χ1n) is 6.49. The number of fused-ring (bicyclic) bond motifs is 1. The largest absolute Gasteiger partial charge is 0.480 e. The van der Waals surface area contributed by atoms with Gasteiger partial charge in [0.15, 0.2) is 0 Å². The maximum Gasteiger partial charge on any atom is 0.326 e. The van der Waals surface area contributed by atoms with Gasteiger partial charge in [-0.05, 0) is 5.56 Å². The number of carbonyl (C=O) groups excluding carboxylic acids is 2. The van der Waals surface area contributed by atoms with E-state index in [9.17, 15) is 19.5 Å². The summed E-state index contributed by atoms with van der Waals surface area (Å²) in [5, 5.41) is 17.1. The van der Waals surface area contributed by atoms with Crippen LogP contribution in [0.2, 0.25) is 0 Å². The van der Waals surface area contributed by atoms with Crippen molar-refractivity contribution in [3.8, 4) is 0 Å². The Morgan fingerprint density at radius 3 is 2.57 bits per heavy atom. The van der Waals surface area contributed by atoms with Gasteiger partial charge in [-0.15, -0.1) is 0 Å². The molecular weight excluding hydrogens is 276 g/mol. The molecular formula is C13H14N4O4. The average Bonchev–Trinajstić information content (AvgIpc) is 2.92. The fraction of sp³-hybridized carbons (Fsp3) is 0.308. The Hall–Kier alpha value is -2.77. The number of hydrogen-bond acceptors (Lipinski definition) is 3. The molecule has 1 aromatic carbocycles. The van der Waals surface area contributed by atoms with Crippen LogP contribution >= 0.6 is 0 Å². The Morgan fingerprint density at radius 2 is 1.90 bits per heavy atom. The molecule has 4 amide bonds. The van der Waals surface area contributed by atoms with Gasteiger partial charge in [0, 0.05) is 6.42 Å². The standard InChI is InChI=1S/C13H14N4O4/c18-11(19)8(6-7-4-2-1-3-5-7)17-10-9(15-13(17)21)14-12(20)16-10/h1-5,8-10H,6H2,(H,15,21)(H,18,19)(H2,14,16,20)/t8-,9-,10+/m0/s1. The van der Waals surface area contributed by atoms with Gasteiger partial charge in [0.05, 0.1) is 0 Å². The van der Waals surface area contributed by atoms with Crippen LogP contribution < -0.4 is 16.0 Å². The van der Waals surface area contributed by atoms with E-state index in [1.54, 1.807) is 24.3 Å². The Bertz CT molecular complexity index is 591. The third-order valence-electron chi connectivity index (χ3n) is 3.59. The van der Waals surface area contributed by atoms with E-state index in [0.29, 0.717) is 0 Å². The minimum Gasteiger partial charge on any atom is -0.480 e. The average molecular weight is 290 g/mol. The molecule has 2 aliphatic rings. The first-order chi connectivity index (χ1) is 10.1. The van der Waals surface area contributed by atoms with Crippen LogP contribution in [0.25, 0.3) is 0 Å². The number of aliphatic carboxylic acids is 1. The van der Waals surface area contributed by atoms with E-state index in [1.807, 2.05) is 6.07 Å². The second kappa shape index (κ2) is 4.97. The molecule has 0 bridgehead atoms. The first-order valence-corrected chi connectivity index (χ1v) is 6.49. The van der Waals surface area contributed by atoms with E-state index in [0.717, 1.165) is 10.5 Å². The van der Waals surface area contributed by atoms with Crippen LogP contribution in [0.4, 0.5) is 9.59 Å². The van der Waals surface area contributed by atoms with Crippen molar-refractivity contribution in [3.63, 3.8) is 0 Å². The Labute approximate surface area is 120 Å². The van der Waals surface area contributed by atoms with Crippen LogP contribution in [0, 0.1) is 0 Å². The molecule has 0 aliphatic carbocycles. The van der Waals surface area contributed by atoms with Crippen molar-refractivity contribution in [1.29, 1.82) is 0 Å². The lowest BCUT2D eigenvalue weighted by Crippen LogP contribution is -2.53. The number of carboxylic acids is 1. The van der Waals surface area contributed by atoms with Crippen molar-refractivity contribution >= 4 is 18.0 Å². The van der Waals surface area contributed by atoms with E-state index >= 15 is 0 Å². The van der Waals surface area contributed by atoms with Crippen molar-refractivity contribution in [2.75, 3.05) is 0 Å². The second-order valence-electron chi connectivity index (χ2n) is 4.94. The summed E-state index contributed by atoms with van der Waals surface area (Å²) in [7, 11) is 0. The highest BCUT2D eigenvalue weighted by Crippen LogP contribution is 2.20. The third-order valence-corrected chi connectivity index (χ3v) is 3.59. The molecule has 8 nitrogen and oxygen atoms in total. The van der Waals surface area contributed by atoms with Crippen molar-refractivity contribution in [2.45, 2.75) is 24.8 Å². The van der Waals surface area contributed by atoms with Crippen LogP contribution in [0.3, 0.4) is 0 Å². The fourth-order valence-corrected chi connectivity index (χ4v) is 2.64. The van der Waals surface area contributed by atoms with E-state index in [4.69, 9.17) is 0 Å². The van der Waals surface area contributed by atoms with Gasteiger partial charge in [0.25, 0.3) is 0 Å². The highest BCUT2D eigenvalue weighted by atomic mass is 16.4. The monoisotopic (exact) mass is 290 g/mol. The van der Waals surface area contributed by atoms with E-state index in [-0.39, 0.29) is 6.42 Å². The van der Waals surface area contributed by atoms with E-state index in [1.165, 1.54) is 0 Å². The number of carbonyl (C=O) groups is 3. The third kappa shape index (κ3) is 2.35. The molecule has 0 spiro atoms. The molecule has 8 heteroatoms. The molecule has 2 saturated heterocycles. The quantitative estimate of drug-likeness (QED) is 0.608. The van der Waals surface area contributed by atoms with Crippen molar-refractivity contribution in [2.24, 2.45) is 0 Å². The lowest BCUT2D eigenvalue weighted by atomic mass is 10.0. The maximum atomic E-state index is 12.0. The molecule has 4 N–H and O–H groups in total. The zero-order valence-electron chi connectivity index (χ0n) is 10.9. The molecule has 2 fully saturated rings. The van der Waals surface area contributed by atoms with Gasteiger partial charge in [-0.2, -0.15) is 0 Å². The summed E-state index contributed by atoms with van der Waals surface area (Å²) in [5.74, 6) is -1.11. The van der Waals surface area contributed by atoms with Crippen molar-refractivity contribution in [1.82, 2.24) is 20.9 Å². The van der Waals surface area contributed by atoms with Crippen LogP contribution in [0.15, 0.2) is 30.3 Å². The minimum absolute atomic E-state index is 0.169. The summed E-state index contributed by atoms with van der Waals surface area (Å²) in [6.07, 6.45) is -1.14. The number of nitrogens with zero attached hydrogens (tertiary/aromatic N) is 1. The Morgan fingerprint density at radius 1 is 1.19 bits per heavy atom. The molecule has 0 unspecified atom stereocenters. The highest BCUT2D eigenvalue weighted by Gasteiger charge is 2.49. The number of urea groups is 2. The summed E-state index contributed by atoms with van der Waals surface area (Å²) < 4.78 is 0. The summed E-state index contributed by atoms with van der Waals surface area (Å²) in [4.78, 5) is 36.0. The topological polar surface area (TPSA) is 111 Å². The van der Waals surface area contributed by atoms with Crippen LogP contribution in [0.5, 0.6) is 0 Å². The summed E-state index contributed by atoms with van der Waals surface area (Å²) in [5.41, 5.74) is 0.804. The number of amides is 4. The van der Waals surface area contributed by atoms with E-state index < -0.39 is 36.4 Å². The minimum atomic E-state index is -1.11. The van der Waals surface area contributed by atoms with Gasteiger partial charge in [-0.3, -0.25) is 4.90 Å². The number of hydrogen-bond donors (Lipinski definition) is 4. The van der Waals surface area contributed by atoms with Crippen LogP contribution in [-0.4, -0.2) is 46.4 Å². The van der Waals surface area contributed by atoms with Gasteiger partial charge in [0.1, 0.15) is 18.4 Å². The number of rotatable bonds is 4. The van der Waals surface area contributed by atoms with Crippen molar-refractivity contribution in [3.05, 3.63) is 35.9 Å². The van der Waals surface area contributed by atoms with Gasteiger partial charge in [-0.1, -0.05) is 30.3 Å². The summed E-state index contributed by atoms with van der Waals surface area (Å²) >= 11 is 0. The van der Waals surface area contributed by atoms with Gasteiger partial charge in [0.2, 0.25) is 0 Å². The number of benzene rings is 1. The molecule has 0 saturated carbocycles. The van der Waals surface area contributed by atoms with Gasteiger partial charge < -0.3 is 21.1 Å².